The summed E-state index contributed by atoms with van der Waals surface area (Å²) in [6.07, 6.45) is 0.444. The lowest BCUT2D eigenvalue weighted by Gasteiger charge is -1.73. The van der Waals surface area contributed by atoms with E-state index >= 15 is 0 Å². The Labute approximate surface area is 42.6 Å². The van der Waals surface area contributed by atoms with Gasteiger partial charge in [0.25, 0.3) is 0 Å². The van der Waals surface area contributed by atoms with Crippen LogP contribution in [0.25, 0.3) is 0 Å². The van der Waals surface area contributed by atoms with Gasteiger partial charge in [-0.15, -0.1) is 0 Å². The zero-order valence-corrected chi connectivity index (χ0v) is 4.35. The van der Waals surface area contributed by atoms with Crippen molar-refractivity contribution < 1.29 is 4.79 Å². The van der Waals surface area contributed by atoms with Gasteiger partial charge in [-0.2, -0.15) is 0 Å². The Morgan fingerprint density at radius 3 is 1.71 bits per heavy atom. The van der Waals surface area contributed by atoms with Gasteiger partial charge >= 0.3 is 0 Å². The second kappa shape index (κ2) is 9.04. The van der Waals surface area contributed by atoms with E-state index in [2.05, 4.69) is 17.4 Å². The number of nitrogens with two attached hydrogens (primary N) is 3. The lowest BCUT2D eigenvalue weighted by atomic mass is 10.5. The van der Waals surface area contributed by atoms with E-state index in [1.54, 1.807) is 6.92 Å². The zero-order chi connectivity index (χ0) is 6.28. The maximum Gasteiger partial charge on any atom is 0.217 e. The number of hydrogen-bond donors (Lipinski definition) is 3. The van der Waals surface area contributed by atoms with E-state index in [0.29, 0.717) is 6.42 Å². The van der Waals surface area contributed by atoms with Gasteiger partial charge in [-0.05, 0) is 0 Å². The van der Waals surface area contributed by atoms with Crippen LogP contribution in [-0.2, 0) is 4.79 Å². The van der Waals surface area contributed by atoms with Crippen molar-refractivity contribution in [3.63, 3.8) is 0 Å². The van der Waals surface area contributed by atoms with Crippen LogP contribution in [0.2, 0.25) is 0 Å². The molecule has 0 radical (unpaired) electrons. The fourth-order valence-corrected chi connectivity index (χ4v) is 0. The minimum Gasteiger partial charge on any atom is -0.370 e. The van der Waals surface area contributed by atoms with E-state index in [0.717, 1.165) is 0 Å². The Bertz CT molecular complexity index is 45.4. The maximum atomic E-state index is 9.59. The maximum absolute atomic E-state index is 9.59. The lowest BCUT2D eigenvalue weighted by Crippen LogP contribution is -2.06. The fraction of sp³-hybridized carbons (Fsp3) is 0.667. The quantitative estimate of drug-likeness (QED) is 0.285. The molecule has 44 valence electrons. The van der Waals surface area contributed by atoms with Crippen LogP contribution in [-0.4, -0.2) is 5.91 Å². The molecule has 0 saturated heterocycles. The van der Waals surface area contributed by atoms with Crippen LogP contribution >= 0.6 is 0 Å². The highest BCUT2D eigenvalue weighted by atomic mass is 16.1. The van der Waals surface area contributed by atoms with Crippen molar-refractivity contribution in [2.75, 3.05) is 0 Å². The van der Waals surface area contributed by atoms with Crippen LogP contribution < -0.4 is 17.4 Å². The number of rotatable bonds is 1. The van der Waals surface area contributed by atoms with Gasteiger partial charge < -0.3 is 5.73 Å². The highest BCUT2D eigenvalue weighted by molar-refractivity contribution is 5.73. The van der Waals surface area contributed by atoms with Crippen LogP contribution in [0.3, 0.4) is 0 Å². The molecule has 0 rings (SSSR count). The number of amides is 1. The first-order valence-electron chi connectivity index (χ1n) is 1.89. The van der Waals surface area contributed by atoms with Gasteiger partial charge in [0.2, 0.25) is 5.91 Å². The van der Waals surface area contributed by atoms with Gasteiger partial charge in [-0.3, -0.25) is 16.5 Å². The summed E-state index contributed by atoms with van der Waals surface area (Å²) >= 11 is 0. The minimum atomic E-state index is -0.245. The predicted molar refractivity (Wildman–Crippen MR) is 27.9 cm³/mol. The summed E-state index contributed by atoms with van der Waals surface area (Å²) in [4.78, 5) is 9.59. The largest absolute Gasteiger partial charge is 0.370 e. The van der Waals surface area contributed by atoms with Crippen LogP contribution in [0.15, 0.2) is 0 Å². The van der Waals surface area contributed by atoms with Gasteiger partial charge in [-0.25, -0.2) is 0 Å². The van der Waals surface area contributed by atoms with Crippen LogP contribution in [0, 0.1) is 0 Å². The minimum absolute atomic E-state index is 0.245. The monoisotopic (exact) mass is 105 g/mol. The first kappa shape index (κ1) is 9.63. The summed E-state index contributed by atoms with van der Waals surface area (Å²) in [6.45, 7) is 1.72. The van der Waals surface area contributed by atoms with Crippen molar-refractivity contribution in [3.8, 4) is 0 Å². The third-order valence-corrected chi connectivity index (χ3v) is 0.348. The molecule has 0 aliphatic heterocycles. The van der Waals surface area contributed by atoms with Gasteiger partial charge in [-0.1, -0.05) is 6.92 Å². The van der Waals surface area contributed by atoms with Crippen molar-refractivity contribution >= 4 is 5.91 Å². The molecule has 7 heavy (non-hydrogen) atoms. The van der Waals surface area contributed by atoms with Crippen LogP contribution in [0.4, 0.5) is 0 Å². The third kappa shape index (κ3) is 32.1. The van der Waals surface area contributed by atoms with Crippen LogP contribution in [0.1, 0.15) is 13.3 Å². The normalized spacial score (nSPS) is 6.14. The average molecular weight is 105 g/mol. The molecule has 0 aliphatic carbocycles. The highest BCUT2D eigenvalue weighted by Gasteiger charge is 1.77. The Kier molecular flexibility index (Phi) is 12.4. The second-order valence-corrected chi connectivity index (χ2v) is 0.820. The Morgan fingerprint density at radius 1 is 1.57 bits per heavy atom. The molecule has 0 unspecified atom stereocenters. The lowest BCUT2D eigenvalue weighted by molar-refractivity contribution is -0.117. The number of primary amides is 1. The van der Waals surface area contributed by atoms with Gasteiger partial charge in [0.15, 0.2) is 0 Å². The van der Waals surface area contributed by atoms with Gasteiger partial charge in [0, 0.05) is 6.42 Å². The fourth-order valence-electron chi connectivity index (χ4n) is 0. The third-order valence-electron chi connectivity index (χ3n) is 0.348. The molecule has 0 spiro atoms. The summed E-state index contributed by atoms with van der Waals surface area (Å²) in [5.74, 6) is 7.75. The Hall–Kier alpha value is -0.610. The second-order valence-electron chi connectivity index (χ2n) is 0.820. The van der Waals surface area contributed by atoms with E-state index in [1.165, 1.54) is 0 Å². The summed E-state index contributed by atoms with van der Waals surface area (Å²) in [7, 11) is 0. The molecule has 0 aromatic rings. The molecule has 4 heteroatoms. The molecule has 0 saturated carbocycles. The summed E-state index contributed by atoms with van der Waals surface area (Å²) < 4.78 is 0. The average Bonchev–Trinajstić information content (AvgIpc) is 1.73. The summed E-state index contributed by atoms with van der Waals surface area (Å²) in [5, 5.41) is 0. The van der Waals surface area contributed by atoms with E-state index in [4.69, 9.17) is 0 Å². The number of carbonyl (C=O) groups is 1. The molecule has 0 aromatic heterocycles. The topological polar surface area (TPSA) is 95.1 Å². The molecule has 0 atom stereocenters. The number of carbonyl (C=O) groups excluding carboxylic acids is 1. The predicted octanol–water partition coefficient (Wildman–Crippen LogP) is -1.30. The molecular formula is C3H11N3O. The van der Waals surface area contributed by atoms with Crippen LogP contribution in [0.5, 0.6) is 0 Å². The molecular weight excluding hydrogens is 94.1 g/mol. The molecule has 0 aliphatic rings. The van der Waals surface area contributed by atoms with Crippen molar-refractivity contribution in [1.82, 2.24) is 0 Å². The van der Waals surface area contributed by atoms with Crippen molar-refractivity contribution in [2.45, 2.75) is 13.3 Å². The first-order valence-corrected chi connectivity index (χ1v) is 1.89. The smallest absolute Gasteiger partial charge is 0.217 e. The number of hydrazine groups is 1. The van der Waals surface area contributed by atoms with Crippen molar-refractivity contribution in [3.05, 3.63) is 0 Å². The molecule has 1 amide bonds. The van der Waals surface area contributed by atoms with E-state index in [9.17, 15) is 4.79 Å². The van der Waals surface area contributed by atoms with E-state index < -0.39 is 0 Å². The van der Waals surface area contributed by atoms with E-state index in [1.807, 2.05) is 0 Å². The standard InChI is InChI=1S/C3H7NO.H4N2/c1-2-3(4)5;1-2/h2H2,1H3,(H2,4,5);1-2H2. The number of hydrogen-bond acceptors (Lipinski definition) is 3. The Balaban J connectivity index is 0. The summed E-state index contributed by atoms with van der Waals surface area (Å²) in [6, 6.07) is 0. The van der Waals surface area contributed by atoms with Crippen molar-refractivity contribution in [1.29, 1.82) is 0 Å². The highest BCUT2D eigenvalue weighted by Crippen LogP contribution is 1.63. The SMILES string of the molecule is CCC(N)=O.NN. The molecule has 0 bridgehead atoms. The zero-order valence-electron chi connectivity index (χ0n) is 4.35. The Morgan fingerprint density at radius 2 is 1.71 bits per heavy atom. The molecule has 0 fully saturated rings. The van der Waals surface area contributed by atoms with E-state index in [-0.39, 0.29) is 5.91 Å². The summed E-state index contributed by atoms with van der Waals surface area (Å²) in [5.41, 5.74) is 4.65. The molecule has 4 nitrogen and oxygen atoms in total. The van der Waals surface area contributed by atoms with Gasteiger partial charge in [0.05, 0.1) is 0 Å². The van der Waals surface area contributed by atoms with Crippen molar-refractivity contribution in [2.24, 2.45) is 17.4 Å². The molecule has 0 aromatic carbocycles. The molecule has 6 N–H and O–H groups in total. The molecule has 0 heterocycles. The first-order chi connectivity index (χ1) is 3.27. The van der Waals surface area contributed by atoms with Gasteiger partial charge in [0.1, 0.15) is 0 Å².